The second-order valence-electron chi connectivity index (χ2n) is 5.07. The highest BCUT2D eigenvalue weighted by Gasteiger charge is 2.27. The number of carbonyl (C=O) groups excluding carboxylic acids is 1. The quantitative estimate of drug-likeness (QED) is 0.826. The highest BCUT2D eigenvalue weighted by atomic mass is 16.3. The van der Waals surface area contributed by atoms with Crippen molar-refractivity contribution in [2.45, 2.75) is 13.3 Å². The van der Waals surface area contributed by atoms with Crippen LogP contribution < -0.4 is 0 Å². The SMILES string of the molecule is Cc1c(O)ccc2c1CC(=O)C(N=Nc1ccccc1)=C2O. The summed E-state index contributed by atoms with van der Waals surface area (Å²) in [5, 5.41) is 27.9. The molecule has 2 N–H and O–H groups in total. The Hall–Kier alpha value is -2.95. The lowest BCUT2D eigenvalue weighted by Gasteiger charge is -2.18. The summed E-state index contributed by atoms with van der Waals surface area (Å²) in [4.78, 5) is 12.2. The summed E-state index contributed by atoms with van der Waals surface area (Å²) in [6.07, 6.45) is 0.0861. The van der Waals surface area contributed by atoms with E-state index in [0.717, 1.165) is 0 Å². The van der Waals surface area contributed by atoms with Crippen LogP contribution in [0.5, 0.6) is 5.75 Å². The van der Waals surface area contributed by atoms with Crippen molar-refractivity contribution in [1.82, 2.24) is 0 Å². The average Bonchev–Trinajstić information content (AvgIpc) is 2.52. The summed E-state index contributed by atoms with van der Waals surface area (Å²) in [7, 11) is 0. The molecule has 1 aliphatic carbocycles. The number of aliphatic hydroxyl groups excluding tert-OH is 1. The molecule has 0 fully saturated rings. The fraction of sp³-hybridized carbons (Fsp3) is 0.118. The number of hydrogen-bond donors (Lipinski definition) is 2. The van der Waals surface area contributed by atoms with E-state index < -0.39 is 0 Å². The third-order valence-electron chi connectivity index (χ3n) is 3.67. The summed E-state index contributed by atoms with van der Waals surface area (Å²) < 4.78 is 0. The number of hydrogen-bond acceptors (Lipinski definition) is 5. The van der Waals surface area contributed by atoms with Gasteiger partial charge in [-0.25, -0.2) is 0 Å². The normalized spacial score (nSPS) is 14.5. The van der Waals surface area contributed by atoms with Gasteiger partial charge in [0.15, 0.2) is 17.2 Å². The standard InChI is InChI=1S/C17H14N2O3/c1-10-13-9-15(21)16(17(22)12(13)7-8-14(10)20)19-18-11-5-3-2-4-6-11/h2-8,20,22H,9H2,1H3. The van der Waals surface area contributed by atoms with Gasteiger partial charge in [0, 0.05) is 12.0 Å². The van der Waals surface area contributed by atoms with Crippen LogP contribution in [0.1, 0.15) is 16.7 Å². The minimum absolute atomic E-state index is 0.0542. The summed E-state index contributed by atoms with van der Waals surface area (Å²) in [5.74, 6) is -0.416. The lowest BCUT2D eigenvalue weighted by Crippen LogP contribution is -2.16. The Kier molecular flexibility index (Phi) is 3.47. The monoisotopic (exact) mass is 294 g/mol. The molecule has 0 saturated carbocycles. The van der Waals surface area contributed by atoms with Crippen LogP contribution in [0.4, 0.5) is 5.69 Å². The molecule has 0 bridgehead atoms. The predicted octanol–water partition coefficient (Wildman–Crippen LogP) is 3.84. The molecule has 5 heteroatoms. The number of aliphatic hydroxyl groups is 1. The zero-order chi connectivity index (χ0) is 15.7. The van der Waals surface area contributed by atoms with Crippen molar-refractivity contribution in [3.05, 3.63) is 64.9 Å². The first-order valence-corrected chi connectivity index (χ1v) is 6.83. The maximum atomic E-state index is 12.2. The Morgan fingerprint density at radius 3 is 2.45 bits per heavy atom. The molecule has 22 heavy (non-hydrogen) atoms. The van der Waals surface area contributed by atoms with Gasteiger partial charge in [-0.2, -0.15) is 5.11 Å². The third kappa shape index (κ3) is 2.37. The molecule has 2 aromatic rings. The van der Waals surface area contributed by atoms with E-state index in [9.17, 15) is 15.0 Å². The molecule has 0 spiro atoms. The van der Waals surface area contributed by atoms with Crippen LogP contribution in [0.25, 0.3) is 5.76 Å². The number of nitrogens with zero attached hydrogens (tertiary/aromatic N) is 2. The van der Waals surface area contributed by atoms with E-state index in [1.807, 2.05) is 18.2 Å². The Morgan fingerprint density at radius 2 is 1.73 bits per heavy atom. The lowest BCUT2D eigenvalue weighted by atomic mass is 9.89. The van der Waals surface area contributed by atoms with E-state index in [2.05, 4.69) is 10.2 Å². The number of allylic oxidation sites excluding steroid dienone is 1. The molecule has 5 nitrogen and oxygen atoms in total. The van der Waals surface area contributed by atoms with Crippen molar-refractivity contribution in [2.24, 2.45) is 10.2 Å². The van der Waals surface area contributed by atoms with Crippen LogP contribution in [-0.4, -0.2) is 16.0 Å². The molecule has 0 aliphatic heterocycles. The molecule has 0 heterocycles. The van der Waals surface area contributed by atoms with Gasteiger partial charge in [0.05, 0.1) is 5.69 Å². The number of ketones is 1. The van der Waals surface area contributed by atoms with Crippen molar-refractivity contribution >= 4 is 17.2 Å². The number of carbonyl (C=O) groups is 1. The fourth-order valence-electron chi connectivity index (χ4n) is 2.40. The van der Waals surface area contributed by atoms with E-state index in [1.165, 1.54) is 6.07 Å². The Balaban J connectivity index is 2.05. The molecular formula is C17H14N2O3. The van der Waals surface area contributed by atoms with Crippen LogP contribution in [0.3, 0.4) is 0 Å². The number of benzene rings is 2. The number of rotatable bonds is 2. The van der Waals surface area contributed by atoms with E-state index in [1.54, 1.807) is 25.1 Å². The topological polar surface area (TPSA) is 82.2 Å². The first-order valence-electron chi connectivity index (χ1n) is 6.83. The van der Waals surface area contributed by atoms with Crippen molar-refractivity contribution in [1.29, 1.82) is 0 Å². The molecule has 2 aromatic carbocycles. The van der Waals surface area contributed by atoms with Gasteiger partial charge in [-0.15, -0.1) is 5.11 Å². The molecule has 0 atom stereocenters. The van der Waals surface area contributed by atoms with Crippen LogP contribution >= 0.6 is 0 Å². The van der Waals surface area contributed by atoms with Crippen molar-refractivity contribution in [2.75, 3.05) is 0 Å². The Morgan fingerprint density at radius 1 is 1.00 bits per heavy atom. The Labute approximate surface area is 127 Å². The molecule has 0 radical (unpaired) electrons. The van der Waals surface area contributed by atoms with Crippen LogP contribution in [0.2, 0.25) is 0 Å². The second-order valence-corrected chi connectivity index (χ2v) is 5.07. The number of fused-ring (bicyclic) bond motifs is 1. The van der Waals surface area contributed by atoms with Gasteiger partial charge in [0.25, 0.3) is 0 Å². The molecule has 0 amide bonds. The van der Waals surface area contributed by atoms with Gasteiger partial charge in [0.2, 0.25) is 0 Å². The second kappa shape index (κ2) is 5.44. The number of phenols is 1. The highest BCUT2D eigenvalue weighted by molar-refractivity contribution is 6.05. The zero-order valence-electron chi connectivity index (χ0n) is 11.9. The molecule has 0 saturated heterocycles. The smallest absolute Gasteiger partial charge is 0.191 e. The highest BCUT2D eigenvalue weighted by Crippen LogP contribution is 2.34. The van der Waals surface area contributed by atoms with E-state index in [4.69, 9.17) is 0 Å². The van der Waals surface area contributed by atoms with Gasteiger partial charge in [-0.3, -0.25) is 4.79 Å². The summed E-state index contributed by atoms with van der Waals surface area (Å²) in [5.41, 5.74) is 2.28. The molecular weight excluding hydrogens is 280 g/mol. The Bertz CT molecular complexity index is 808. The first-order chi connectivity index (χ1) is 10.6. The minimum Gasteiger partial charge on any atom is -0.508 e. The maximum absolute atomic E-state index is 12.2. The van der Waals surface area contributed by atoms with Crippen molar-refractivity contribution < 1.29 is 15.0 Å². The van der Waals surface area contributed by atoms with E-state index in [-0.39, 0.29) is 29.4 Å². The van der Waals surface area contributed by atoms with Crippen LogP contribution in [-0.2, 0) is 11.2 Å². The number of phenolic OH excluding ortho intramolecular Hbond substituents is 1. The predicted molar refractivity (Wildman–Crippen MR) is 82.1 cm³/mol. The van der Waals surface area contributed by atoms with Crippen LogP contribution in [0, 0.1) is 6.92 Å². The van der Waals surface area contributed by atoms with Gasteiger partial charge < -0.3 is 10.2 Å². The molecule has 0 aromatic heterocycles. The summed E-state index contributed by atoms with van der Waals surface area (Å²) in [6, 6.07) is 12.1. The zero-order valence-corrected chi connectivity index (χ0v) is 11.9. The third-order valence-corrected chi connectivity index (χ3v) is 3.67. The van der Waals surface area contributed by atoms with Gasteiger partial charge in [-0.1, -0.05) is 18.2 Å². The number of Topliss-reactive ketones (excluding diaryl/α,β-unsaturated/α-hetero) is 1. The van der Waals surface area contributed by atoms with Crippen molar-refractivity contribution in [3.63, 3.8) is 0 Å². The van der Waals surface area contributed by atoms with Crippen LogP contribution in [0.15, 0.2) is 58.4 Å². The van der Waals surface area contributed by atoms with Gasteiger partial charge in [0.1, 0.15) is 5.75 Å². The van der Waals surface area contributed by atoms with Gasteiger partial charge >= 0.3 is 0 Å². The largest absolute Gasteiger partial charge is 0.508 e. The van der Waals surface area contributed by atoms with E-state index >= 15 is 0 Å². The molecule has 1 aliphatic rings. The minimum atomic E-state index is -0.321. The fourth-order valence-corrected chi connectivity index (χ4v) is 2.40. The van der Waals surface area contributed by atoms with Gasteiger partial charge in [-0.05, 0) is 42.3 Å². The number of azo groups is 1. The molecule has 0 unspecified atom stereocenters. The first kappa shape index (κ1) is 14.0. The number of aromatic hydroxyl groups is 1. The molecule has 3 rings (SSSR count). The maximum Gasteiger partial charge on any atom is 0.191 e. The summed E-state index contributed by atoms with van der Waals surface area (Å²) >= 11 is 0. The van der Waals surface area contributed by atoms with E-state index in [0.29, 0.717) is 22.4 Å². The summed E-state index contributed by atoms with van der Waals surface area (Å²) in [6.45, 7) is 1.71. The van der Waals surface area contributed by atoms with Crippen molar-refractivity contribution in [3.8, 4) is 5.75 Å². The lowest BCUT2D eigenvalue weighted by molar-refractivity contribution is -0.115. The molecule has 110 valence electrons. The average molecular weight is 294 g/mol.